The number of aliphatic hydroxyl groups is 1. The van der Waals surface area contributed by atoms with E-state index in [4.69, 9.17) is 31.5 Å². The topological polar surface area (TPSA) is 103 Å². The Hall–Kier alpha value is -2.39. The van der Waals surface area contributed by atoms with Crippen molar-refractivity contribution in [2.24, 2.45) is 17.6 Å². The quantitative estimate of drug-likeness (QED) is 0.606. The fourth-order valence-electron chi connectivity index (χ4n) is 5.40. The Morgan fingerprint density at radius 1 is 1.30 bits per heavy atom. The lowest BCUT2D eigenvalue weighted by Crippen LogP contribution is -2.67. The average molecular weight is 479 g/mol. The molecule has 0 aromatic heterocycles. The van der Waals surface area contributed by atoms with Gasteiger partial charge in [-0.05, 0) is 31.2 Å². The molecule has 4 unspecified atom stereocenters. The molecule has 9 heteroatoms. The summed E-state index contributed by atoms with van der Waals surface area (Å²) in [7, 11) is 4.58. The van der Waals surface area contributed by atoms with Crippen LogP contribution in [0.25, 0.3) is 0 Å². The number of carbonyl (C=O) groups is 1. The first-order chi connectivity index (χ1) is 15.7. The molecule has 1 aliphatic heterocycles. The van der Waals surface area contributed by atoms with Gasteiger partial charge in [0.15, 0.2) is 5.75 Å². The Kier molecular flexibility index (Phi) is 6.30. The maximum Gasteiger partial charge on any atom is 0.216 e. The molecule has 33 heavy (non-hydrogen) atoms. The number of benzene rings is 2. The van der Waals surface area contributed by atoms with Crippen LogP contribution in [0.1, 0.15) is 35.3 Å². The van der Waals surface area contributed by atoms with E-state index in [1.807, 2.05) is 6.92 Å². The highest BCUT2D eigenvalue weighted by atomic mass is 35.5. The third-order valence-electron chi connectivity index (χ3n) is 7.00. The minimum absolute atomic E-state index is 0.116. The van der Waals surface area contributed by atoms with Gasteiger partial charge in [0, 0.05) is 30.0 Å². The zero-order valence-corrected chi connectivity index (χ0v) is 19.7. The summed E-state index contributed by atoms with van der Waals surface area (Å²) in [6.45, 7) is 1.82. The molecule has 2 aromatic rings. The van der Waals surface area contributed by atoms with E-state index in [-0.39, 0.29) is 27.8 Å². The van der Waals surface area contributed by atoms with E-state index < -0.39 is 47.2 Å². The van der Waals surface area contributed by atoms with Crippen LogP contribution in [0.2, 0.25) is 5.02 Å². The van der Waals surface area contributed by atoms with Crippen molar-refractivity contribution in [1.29, 1.82) is 0 Å². The number of carbonyl (C=O) groups excluding carboxylic acids is 1. The summed E-state index contributed by atoms with van der Waals surface area (Å²) in [6, 6.07) is 6.61. The van der Waals surface area contributed by atoms with Crippen LogP contribution in [0.5, 0.6) is 17.2 Å². The molecule has 1 spiro atoms. The smallest absolute Gasteiger partial charge is 0.216 e. The first-order valence-corrected chi connectivity index (χ1v) is 11.1. The number of nitrogens with two attached hydrogens (primary N) is 1. The van der Waals surface area contributed by atoms with Gasteiger partial charge < -0.3 is 30.4 Å². The molecule has 0 bridgehead atoms. The van der Waals surface area contributed by atoms with Gasteiger partial charge in [0.1, 0.15) is 34.0 Å². The maximum atomic E-state index is 14.0. The number of fused-ring (bicyclic) bond motifs is 1. The zero-order chi connectivity index (χ0) is 24.1. The van der Waals surface area contributed by atoms with Crippen molar-refractivity contribution in [2.75, 3.05) is 21.3 Å². The van der Waals surface area contributed by atoms with Crippen LogP contribution < -0.4 is 25.3 Å². The number of hydrogen-bond donors (Lipinski definition) is 3. The summed E-state index contributed by atoms with van der Waals surface area (Å²) in [5.74, 6) is -1.27. The van der Waals surface area contributed by atoms with Crippen LogP contribution in [0, 0.1) is 17.7 Å². The number of halogens is 2. The summed E-state index contributed by atoms with van der Waals surface area (Å²) in [6.07, 6.45) is -0.921. The van der Waals surface area contributed by atoms with Crippen LogP contribution in [0.15, 0.2) is 30.3 Å². The van der Waals surface area contributed by atoms with E-state index >= 15 is 0 Å². The van der Waals surface area contributed by atoms with Gasteiger partial charge in [0.25, 0.3) is 0 Å². The highest BCUT2D eigenvalue weighted by Crippen LogP contribution is 2.55. The number of nitrogens with one attached hydrogen (secondary N) is 1. The summed E-state index contributed by atoms with van der Waals surface area (Å²) in [5.41, 5.74) is 5.66. The van der Waals surface area contributed by atoms with E-state index in [0.29, 0.717) is 12.0 Å². The van der Waals surface area contributed by atoms with Crippen molar-refractivity contribution >= 4 is 17.4 Å². The first-order valence-electron chi connectivity index (χ1n) is 10.8. The Bertz CT molecular complexity index is 1080. The molecule has 6 atom stereocenters. The number of rotatable bonds is 5. The predicted octanol–water partition coefficient (Wildman–Crippen LogP) is 3.12. The van der Waals surface area contributed by atoms with Gasteiger partial charge >= 0.3 is 0 Å². The Morgan fingerprint density at radius 2 is 2.00 bits per heavy atom. The minimum atomic E-state index is -1.63. The Labute approximate surface area is 197 Å². The fraction of sp³-hybridized carbons (Fsp3) is 0.458. The second kappa shape index (κ2) is 8.76. The molecule has 2 aromatic carbocycles. The van der Waals surface area contributed by atoms with Gasteiger partial charge in [-0.3, -0.25) is 4.79 Å². The zero-order valence-electron chi connectivity index (χ0n) is 18.9. The third kappa shape index (κ3) is 3.47. The van der Waals surface area contributed by atoms with Crippen LogP contribution in [-0.4, -0.2) is 49.9 Å². The highest BCUT2D eigenvalue weighted by Gasteiger charge is 2.64. The molecular weight excluding hydrogens is 451 g/mol. The molecule has 1 heterocycles. The van der Waals surface area contributed by atoms with Gasteiger partial charge in [-0.25, -0.2) is 4.39 Å². The SMILES string of the molecule is CNC(c1cccc(F)c1)C1C(N)C[C@@H](C)[C@]2(Oc3c(Cl)c(OC)cc(OC)c3C2=O)C1O. The number of methoxy groups -OCH3 is 2. The first kappa shape index (κ1) is 23.8. The van der Waals surface area contributed by atoms with Crippen molar-refractivity contribution in [2.45, 2.75) is 37.1 Å². The van der Waals surface area contributed by atoms with Crippen molar-refractivity contribution in [3.63, 3.8) is 0 Å². The molecule has 4 N–H and O–H groups in total. The van der Waals surface area contributed by atoms with Crippen LogP contribution in [0.3, 0.4) is 0 Å². The monoisotopic (exact) mass is 478 g/mol. The molecule has 1 saturated carbocycles. The van der Waals surface area contributed by atoms with Crippen molar-refractivity contribution in [3.8, 4) is 17.2 Å². The van der Waals surface area contributed by atoms with E-state index in [2.05, 4.69) is 5.32 Å². The van der Waals surface area contributed by atoms with Crippen molar-refractivity contribution in [3.05, 3.63) is 52.3 Å². The lowest BCUT2D eigenvalue weighted by atomic mass is 9.62. The van der Waals surface area contributed by atoms with Gasteiger partial charge in [0.05, 0.1) is 14.2 Å². The summed E-state index contributed by atoms with van der Waals surface area (Å²) in [4.78, 5) is 13.9. The molecule has 0 radical (unpaired) electrons. The van der Waals surface area contributed by atoms with E-state index in [0.717, 1.165) is 0 Å². The molecular formula is C24H28ClFN2O5. The van der Waals surface area contributed by atoms with Gasteiger partial charge in [-0.1, -0.05) is 30.7 Å². The summed E-state index contributed by atoms with van der Waals surface area (Å²) < 4.78 is 31.0. The highest BCUT2D eigenvalue weighted by molar-refractivity contribution is 6.35. The molecule has 7 nitrogen and oxygen atoms in total. The molecule has 1 aliphatic carbocycles. The van der Waals surface area contributed by atoms with Crippen LogP contribution >= 0.6 is 11.6 Å². The Balaban J connectivity index is 1.83. The maximum absolute atomic E-state index is 14.0. The molecule has 4 rings (SSSR count). The lowest BCUT2D eigenvalue weighted by molar-refractivity contribution is -0.118. The standard InChI is InChI=1S/C24H28ClFN2O5/c1-11-8-14(27)17(20(28-2)12-6-5-7-13(26)9-12)22(29)24(11)23(30)18-15(31-3)10-16(32-4)19(25)21(18)33-24/h5-7,9-11,14,17,20,22,28-29H,8,27H2,1-4H3/t11-,14?,17?,20?,22?,24+/m1/s1. The second-order valence-corrected chi connectivity index (χ2v) is 9.05. The number of Topliss-reactive ketones (excluding diaryl/α,β-unsaturated/α-hetero) is 1. The van der Waals surface area contributed by atoms with Gasteiger partial charge in [-0.2, -0.15) is 0 Å². The molecule has 2 aliphatic rings. The predicted molar refractivity (Wildman–Crippen MR) is 122 cm³/mol. The van der Waals surface area contributed by atoms with Gasteiger partial charge in [-0.15, -0.1) is 0 Å². The number of hydrogen-bond acceptors (Lipinski definition) is 7. The number of ether oxygens (including phenoxy) is 3. The Morgan fingerprint density at radius 3 is 2.61 bits per heavy atom. The van der Waals surface area contributed by atoms with E-state index in [1.54, 1.807) is 19.2 Å². The molecule has 1 fully saturated rings. The summed E-state index contributed by atoms with van der Waals surface area (Å²) in [5, 5.41) is 15.0. The van der Waals surface area contributed by atoms with E-state index in [1.165, 1.54) is 32.4 Å². The largest absolute Gasteiger partial charge is 0.496 e. The molecule has 0 amide bonds. The molecule has 178 valence electrons. The van der Waals surface area contributed by atoms with Crippen LogP contribution in [0.4, 0.5) is 4.39 Å². The van der Waals surface area contributed by atoms with Crippen LogP contribution in [-0.2, 0) is 0 Å². The fourth-order valence-corrected chi connectivity index (χ4v) is 5.67. The second-order valence-electron chi connectivity index (χ2n) is 8.67. The molecule has 0 saturated heterocycles. The van der Waals surface area contributed by atoms with E-state index in [9.17, 15) is 14.3 Å². The number of aliphatic hydroxyl groups excluding tert-OH is 1. The van der Waals surface area contributed by atoms with Crippen molar-refractivity contribution < 1.29 is 28.5 Å². The lowest BCUT2D eigenvalue weighted by Gasteiger charge is -2.50. The van der Waals surface area contributed by atoms with Gasteiger partial charge in [0.2, 0.25) is 11.4 Å². The normalized spacial score (nSPS) is 29.5. The summed E-state index contributed by atoms with van der Waals surface area (Å²) >= 11 is 6.50. The minimum Gasteiger partial charge on any atom is -0.496 e. The number of ketones is 1. The average Bonchev–Trinajstić information content (AvgIpc) is 3.11. The van der Waals surface area contributed by atoms with Crippen molar-refractivity contribution in [1.82, 2.24) is 5.32 Å². The third-order valence-corrected chi connectivity index (χ3v) is 7.36.